The number of ether oxygens (including phenoxy) is 1. The number of esters is 1. The fourth-order valence-corrected chi connectivity index (χ4v) is 3.27. The summed E-state index contributed by atoms with van der Waals surface area (Å²) in [7, 11) is 0. The lowest BCUT2D eigenvalue weighted by Gasteiger charge is -2.28. The van der Waals surface area contributed by atoms with Gasteiger partial charge in [0.1, 0.15) is 5.82 Å². The Kier molecular flexibility index (Phi) is 6.23. The van der Waals surface area contributed by atoms with E-state index in [2.05, 4.69) is 9.97 Å². The smallest absolute Gasteiger partial charge is 0.306 e. The average Bonchev–Trinajstić information content (AvgIpc) is 2.68. The Bertz CT molecular complexity index is 918. The summed E-state index contributed by atoms with van der Waals surface area (Å²) < 4.78 is 4.85. The number of amides is 1. The summed E-state index contributed by atoms with van der Waals surface area (Å²) in [6.07, 6.45) is 1.24. The summed E-state index contributed by atoms with van der Waals surface area (Å²) in [5.74, 6) is 0.102. The molecule has 1 amide bonds. The molecule has 7 heteroatoms. The van der Waals surface area contributed by atoms with Gasteiger partial charge in [-0.05, 0) is 19.4 Å². The lowest BCUT2D eigenvalue weighted by Crippen LogP contribution is -2.40. The quantitative estimate of drug-likeness (QED) is 0.769. The Morgan fingerprint density at radius 1 is 1.21 bits per heavy atom. The van der Waals surface area contributed by atoms with E-state index >= 15 is 0 Å². The third-order valence-corrected chi connectivity index (χ3v) is 4.81. The third-order valence-electron chi connectivity index (χ3n) is 4.81. The summed E-state index contributed by atoms with van der Waals surface area (Å²) >= 11 is 0. The number of hydrogen-bond acceptors (Lipinski definition) is 5. The monoisotopic (exact) mass is 383 g/mol. The molecule has 0 radical (unpaired) electrons. The zero-order valence-corrected chi connectivity index (χ0v) is 16.3. The van der Waals surface area contributed by atoms with Crippen molar-refractivity contribution in [1.29, 1.82) is 0 Å². The zero-order chi connectivity index (χ0) is 20.1. The van der Waals surface area contributed by atoms with Gasteiger partial charge < -0.3 is 14.6 Å². The molecule has 148 valence electrons. The van der Waals surface area contributed by atoms with Crippen molar-refractivity contribution in [2.24, 2.45) is 0 Å². The Morgan fingerprint density at radius 3 is 2.68 bits per heavy atom. The molecule has 0 fully saturated rings. The minimum Gasteiger partial charge on any atom is -0.466 e. The number of H-pyrrole nitrogens is 1. The van der Waals surface area contributed by atoms with E-state index in [9.17, 15) is 14.4 Å². The molecule has 1 aliphatic rings. The molecular formula is C21H25N3O4. The molecule has 28 heavy (non-hydrogen) atoms. The number of nitrogens with one attached hydrogen (secondary N) is 1. The fourth-order valence-electron chi connectivity index (χ4n) is 3.27. The van der Waals surface area contributed by atoms with E-state index in [1.165, 1.54) is 5.56 Å². The molecule has 0 unspecified atom stereocenters. The molecule has 0 bridgehead atoms. The van der Waals surface area contributed by atoms with E-state index in [0.29, 0.717) is 37.4 Å². The van der Waals surface area contributed by atoms with Crippen LogP contribution in [0.4, 0.5) is 0 Å². The van der Waals surface area contributed by atoms with Gasteiger partial charge in [0.15, 0.2) is 0 Å². The summed E-state index contributed by atoms with van der Waals surface area (Å²) in [6, 6.07) is 8.12. The topological polar surface area (TPSA) is 92.4 Å². The third kappa shape index (κ3) is 4.85. The first kappa shape index (κ1) is 19.8. The van der Waals surface area contributed by atoms with Crippen molar-refractivity contribution in [3.05, 3.63) is 62.8 Å². The van der Waals surface area contributed by atoms with Crippen molar-refractivity contribution >= 4 is 11.9 Å². The van der Waals surface area contributed by atoms with Crippen LogP contribution in [0.2, 0.25) is 0 Å². The maximum atomic E-state index is 12.5. The van der Waals surface area contributed by atoms with E-state index in [-0.39, 0.29) is 36.8 Å². The van der Waals surface area contributed by atoms with Crippen LogP contribution in [0.3, 0.4) is 0 Å². The molecule has 0 aliphatic carbocycles. The van der Waals surface area contributed by atoms with E-state index in [1.807, 2.05) is 31.2 Å². The number of benzene rings is 1. The molecule has 3 rings (SSSR count). The Morgan fingerprint density at radius 2 is 1.96 bits per heavy atom. The summed E-state index contributed by atoms with van der Waals surface area (Å²) in [5, 5.41) is 0. The SMILES string of the molecule is CCOC(=O)CCC(=O)N1CCc2nc(Cc3ccc(C)cc3)[nH]c(=O)c2C1. The number of aryl methyl sites for hydroxylation is 1. The number of aromatic nitrogens is 2. The second-order valence-corrected chi connectivity index (χ2v) is 6.97. The average molecular weight is 383 g/mol. The Labute approximate surface area is 163 Å². The van der Waals surface area contributed by atoms with E-state index in [4.69, 9.17) is 4.74 Å². The van der Waals surface area contributed by atoms with Crippen molar-refractivity contribution < 1.29 is 14.3 Å². The molecule has 0 saturated heterocycles. The van der Waals surface area contributed by atoms with Crippen LogP contribution in [0.1, 0.15) is 48.0 Å². The molecule has 1 aliphatic heterocycles. The first-order valence-electron chi connectivity index (χ1n) is 9.56. The number of rotatable bonds is 6. The van der Waals surface area contributed by atoms with Gasteiger partial charge in [-0.1, -0.05) is 29.8 Å². The Balaban J connectivity index is 1.67. The Hall–Kier alpha value is -2.96. The number of carbonyl (C=O) groups is 2. The molecule has 7 nitrogen and oxygen atoms in total. The van der Waals surface area contributed by atoms with Crippen molar-refractivity contribution in [2.45, 2.75) is 46.1 Å². The van der Waals surface area contributed by atoms with Gasteiger partial charge >= 0.3 is 5.97 Å². The van der Waals surface area contributed by atoms with Gasteiger partial charge in [0.25, 0.3) is 5.56 Å². The van der Waals surface area contributed by atoms with Crippen LogP contribution >= 0.6 is 0 Å². The van der Waals surface area contributed by atoms with E-state index in [1.54, 1.807) is 11.8 Å². The van der Waals surface area contributed by atoms with Crippen molar-refractivity contribution in [2.75, 3.05) is 13.2 Å². The zero-order valence-electron chi connectivity index (χ0n) is 16.3. The lowest BCUT2D eigenvalue weighted by atomic mass is 10.1. The lowest BCUT2D eigenvalue weighted by molar-refractivity contribution is -0.145. The minimum atomic E-state index is -0.381. The fraction of sp³-hybridized carbons (Fsp3) is 0.429. The van der Waals surface area contributed by atoms with E-state index < -0.39 is 0 Å². The highest BCUT2D eigenvalue weighted by molar-refractivity contribution is 5.81. The van der Waals surface area contributed by atoms with Crippen LogP contribution in [0.5, 0.6) is 0 Å². The van der Waals surface area contributed by atoms with Gasteiger partial charge in [0, 0.05) is 25.8 Å². The van der Waals surface area contributed by atoms with Crippen LogP contribution in [0.25, 0.3) is 0 Å². The number of aromatic amines is 1. The highest BCUT2D eigenvalue weighted by Crippen LogP contribution is 2.16. The standard InChI is InChI=1S/C21H25N3O4/c1-3-28-20(26)9-8-19(25)24-11-10-17-16(13-24)21(27)23-18(22-17)12-15-6-4-14(2)5-7-15/h4-7H,3,8-13H2,1-2H3,(H,22,23,27). The van der Waals surface area contributed by atoms with Crippen molar-refractivity contribution in [3.63, 3.8) is 0 Å². The second-order valence-electron chi connectivity index (χ2n) is 6.97. The summed E-state index contributed by atoms with van der Waals surface area (Å²) in [4.78, 5) is 45.4. The molecule has 1 aromatic heterocycles. The molecular weight excluding hydrogens is 358 g/mol. The molecule has 2 heterocycles. The van der Waals surface area contributed by atoms with Crippen LogP contribution in [-0.4, -0.2) is 39.9 Å². The molecule has 0 saturated carbocycles. The van der Waals surface area contributed by atoms with Crippen LogP contribution in [-0.2, 0) is 33.7 Å². The number of hydrogen-bond donors (Lipinski definition) is 1. The van der Waals surface area contributed by atoms with Gasteiger partial charge in [0.05, 0.1) is 30.8 Å². The van der Waals surface area contributed by atoms with Crippen molar-refractivity contribution in [1.82, 2.24) is 14.9 Å². The maximum Gasteiger partial charge on any atom is 0.306 e. The summed E-state index contributed by atoms with van der Waals surface area (Å²) in [5.41, 5.74) is 3.35. The predicted octanol–water partition coefficient (Wildman–Crippen LogP) is 1.90. The number of fused-ring (bicyclic) bond motifs is 1. The normalized spacial score (nSPS) is 13.1. The highest BCUT2D eigenvalue weighted by atomic mass is 16.5. The first-order valence-corrected chi connectivity index (χ1v) is 9.56. The number of nitrogens with zero attached hydrogens (tertiary/aromatic N) is 2. The van der Waals surface area contributed by atoms with Gasteiger partial charge in [0.2, 0.25) is 5.91 Å². The largest absolute Gasteiger partial charge is 0.466 e. The predicted molar refractivity (Wildman–Crippen MR) is 104 cm³/mol. The van der Waals surface area contributed by atoms with Gasteiger partial charge in [-0.15, -0.1) is 0 Å². The van der Waals surface area contributed by atoms with Crippen LogP contribution in [0, 0.1) is 6.92 Å². The van der Waals surface area contributed by atoms with Crippen LogP contribution < -0.4 is 5.56 Å². The summed E-state index contributed by atoms with van der Waals surface area (Å²) in [6.45, 7) is 4.78. The molecule has 1 N–H and O–H groups in total. The van der Waals surface area contributed by atoms with Crippen LogP contribution in [0.15, 0.2) is 29.1 Å². The highest BCUT2D eigenvalue weighted by Gasteiger charge is 2.24. The first-order chi connectivity index (χ1) is 13.5. The molecule has 2 aromatic rings. The second kappa shape index (κ2) is 8.82. The van der Waals surface area contributed by atoms with Gasteiger partial charge in [-0.2, -0.15) is 0 Å². The maximum absolute atomic E-state index is 12.5. The van der Waals surface area contributed by atoms with Crippen molar-refractivity contribution in [3.8, 4) is 0 Å². The molecule has 1 aromatic carbocycles. The minimum absolute atomic E-state index is 0.0557. The molecule has 0 atom stereocenters. The van der Waals surface area contributed by atoms with Gasteiger partial charge in [-0.3, -0.25) is 14.4 Å². The van der Waals surface area contributed by atoms with E-state index in [0.717, 1.165) is 11.3 Å². The molecule has 0 spiro atoms. The number of carbonyl (C=O) groups excluding carboxylic acids is 2. The van der Waals surface area contributed by atoms with Gasteiger partial charge in [-0.25, -0.2) is 4.98 Å².